The van der Waals surface area contributed by atoms with E-state index in [0.29, 0.717) is 6.04 Å². The van der Waals surface area contributed by atoms with Gasteiger partial charge in [0.25, 0.3) is 0 Å². The van der Waals surface area contributed by atoms with Gasteiger partial charge in [0.1, 0.15) is 5.84 Å². The van der Waals surface area contributed by atoms with E-state index in [4.69, 9.17) is 11.1 Å². The van der Waals surface area contributed by atoms with Gasteiger partial charge in [0, 0.05) is 23.8 Å². The standard InChI is InChI=1S/C16H25N3/c1-3-13-7-5-4-6-10-19(13)15-9-8-12(2)11-14(15)16(17)18/h8-9,11,13H,3-7,10H2,1-2H3,(H3,17,18). The molecular weight excluding hydrogens is 234 g/mol. The maximum Gasteiger partial charge on any atom is 0.124 e. The highest BCUT2D eigenvalue weighted by Crippen LogP contribution is 2.29. The highest BCUT2D eigenvalue weighted by atomic mass is 15.2. The van der Waals surface area contributed by atoms with Gasteiger partial charge in [0.15, 0.2) is 0 Å². The molecule has 0 amide bonds. The molecule has 0 radical (unpaired) electrons. The molecule has 1 atom stereocenters. The predicted molar refractivity (Wildman–Crippen MR) is 82.1 cm³/mol. The lowest BCUT2D eigenvalue weighted by molar-refractivity contribution is 0.556. The molecule has 1 aromatic carbocycles. The first-order valence-electron chi connectivity index (χ1n) is 7.35. The van der Waals surface area contributed by atoms with Crippen LogP contribution in [0.4, 0.5) is 5.69 Å². The number of hydrogen-bond acceptors (Lipinski definition) is 2. The first kappa shape index (κ1) is 13.9. The molecule has 0 spiro atoms. The van der Waals surface area contributed by atoms with Gasteiger partial charge in [-0.25, -0.2) is 0 Å². The van der Waals surface area contributed by atoms with Gasteiger partial charge in [-0.05, 0) is 38.3 Å². The number of amidine groups is 1. The van der Waals surface area contributed by atoms with Crippen molar-refractivity contribution in [1.82, 2.24) is 0 Å². The Morgan fingerprint density at radius 2 is 2.16 bits per heavy atom. The molecule has 3 heteroatoms. The maximum atomic E-state index is 7.82. The quantitative estimate of drug-likeness (QED) is 0.645. The summed E-state index contributed by atoms with van der Waals surface area (Å²) < 4.78 is 0. The minimum atomic E-state index is 0.179. The molecule has 3 nitrogen and oxygen atoms in total. The molecule has 19 heavy (non-hydrogen) atoms. The van der Waals surface area contributed by atoms with Crippen LogP contribution in [-0.4, -0.2) is 18.4 Å². The van der Waals surface area contributed by atoms with Gasteiger partial charge in [-0.3, -0.25) is 5.41 Å². The van der Waals surface area contributed by atoms with Gasteiger partial charge in [0.2, 0.25) is 0 Å². The van der Waals surface area contributed by atoms with Crippen LogP contribution < -0.4 is 10.6 Å². The molecule has 1 aliphatic rings. The monoisotopic (exact) mass is 259 g/mol. The number of nitrogens with two attached hydrogens (primary N) is 1. The number of benzene rings is 1. The summed E-state index contributed by atoms with van der Waals surface area (Å²) in [6.07, 6.45) is 6.28. The van der Waals surface area contributed by atoms with Crippen LogP contribution in [0.15, 0.2) is 18.2 Å². The van der Waals surface area contributed by atoms with E-state index in [1.54, 1.807) is 0 Å². The molecule has 1 aromatic rings. The van der Waals surface area contributed by atoms with Gasteiger partial charge in [-0.1, -0.05) is 31.4 Å². The van der Waals surface area contributed by atoms with Crippen LogP contribution in [0.3, 0.4) is 0 Å². The summed E-state index contributed by atoms with van der Waals surface area (Å²) in [4.78, 5) is 2.48. The van der Waals surface area contributed by atoms with E-state index in [2.05, 4.69) is 30.9 Å². The highest BCUT2D eigenvalue weighted by Gasteiger charge is 2.22. The van der Waals surface area contributed by atoms with Crippen LogP contribution in [0.5, 0.6) is 0 Å². The number of nitrogens with one attached hydrogen (secondary N) is 1. The van der Waals surface area contributed by atoms with Gasteiger partial charge < -0.3 is 10.6 Å². The number of anilines is 1. The summed E-state index contributed by atoms with van der Waals surface area (Å²) in [7, 11) is 0. The van der Waals surface area contributed by atoms with Crippen molar-refractivity contribution < 1.29 is 0 Å². The van der Waals surface area contributed by atoms with Crippen LogP contribution in [-0.2, 0) is 0 Å². The first-order chi connectivity index (χ1) is 9.13. The normalized spacial score (nSPS) is 20.1. The van der Waals surface area contributed by atoms with E-state index in [0.717, 1.165) is 29.8 Å². The van der Waals surface area contributed by atoms with Crippen molar-refractivity contribution in [2.75, 3.05) is 11.4 Å². The molecule has 0 aromatic heterocycles. The second-order valence-corrected chi connectivity index (χ2v) is 5.54. The summed E-state index contributed by atoms with van der Waals surface area (Å²) in [6, 6.07) is 6.89. The predicted octanol–water partition coefficient (Wildman–Crippen LogP) is 3.44. The first-order valence-corrected chi connectivity index (χ1v) is 7.35. The van der Waals surface area contributed by atoms with Crippen molar-refractivity contribution >= 4 is 11.5 Å². The summed E-state index contributed by atoms with van der Waals surface area (Å²) in [6.45, 7) is 5.39. The van der Waals surface area contributed by atoms with Crippen molar-refractivity contribution in [2.24, 2.45) is 5.73 Å². The van der Waals surface area contributed by atoms with Gasteiger partial charge in [-0.2, -0.15) is 0 Å². The number of aryl methyl sites for hydroxylation is 1. The van der Waals surface area contributed by atoms with Crippen molar-refractivity contribution in [2.45, 2.75) is 52.0 Å². The second-order valence-electron chi connectivity index (χ2n) is 5.54. The third-order valence-electron chi connectivity index (χ3n) is 4.10. The Morgan fingerprint density at radius 1 is 1.37 bits per heavy atom. The van der Waals surface area contributed by atoms with E-state index in [-0.39, 0.29) is 5.84 Å². The van der Waals surface area contributed by atoms with E-state index in [9.17, 15) is 0 Å². The number of nitrogen functional groups attached to an aromatic ring is 1. The average molecular weight is 259 g/mol. The third-order valence-corrected chi connectivity index (χ3v) is 4.10. The molecular formula is C16H25N3. The fourth-order valence-electron chi connectivity index (χ4n) is 3.04. The Kier molecular flexibility index (Phi) is 4.46. The molecule has 3 N–H and O–H groups in total. The van der Waals surface area contributed by atoms with Crippen molar-refractivity contribution in [1.29, 1.82) is 5.41 Å². The number of hydrogen-bond donors (Lipinski definition) is 2. The zero-order valence-electron chi connectivity index (χ0n) is 12.1. The van der Waals surface area contributed by atoms with E-state index in [1.165, 1.54) is 25.7 Å². The molecule has 1 heterocycles. The SMILES string of the molecule is CCC1CCCCCN1c1ccc(C)cc1C(=N)N. The average Bonchev–Trinajstić information content (AvgIpc) is 2.63. The fraction of sp³-hybridized carbons (Fsp3) is 0.562. The lowest BCUT2D eigenvalue weighted by Crippen LogP contribution is -2.36. The summed E-state index contributed by atoms with van der Waals surface area (Å²) in [5.74, 6) is 0.179. The number of rotatable bonds is 3. The van der Waals surface area contributed by atoms with Crippen LogP contribution in [0.25, 0.3) is 0 Å². The molecule has 2 rings (SSSR count). The smallest absolute Gasteiger partial charge is 0.124 e. The largest absolute Gasteiger partial charge is 0.384 e. The van der Waals surface area contributed by atoms with Gasteiger partial charge >= 0.3 is 0 Å². The van der Waals surface area contributed by atoms with Crippen molar-refractivity contribution in [3.8, 4) is 0 Å². The molecule has 1 unspecified atom stereocenters. The van der Waals surface area contributed by atoms with Gasteiger partial charge in [-0.15, -0.1) is 0 Å². The summed E-state index contributed by atoms with van der Waals surface area (Å²) in [5, 5.41) is 7.82. The van der Waals surface area contributed by atoms with E-state index in [1.807, 2.05) is 6.07 Å². The van der Waals surface area contributed by atoms with Crippen molar-refractivity contribution in [3.63, 3.8) is 0 Å². The molecule has 0 aliphatic carbocycles. The van der Waals surface area contributed by atoms with E-state index < -0.39 is 0 Å². The fourth-order valence-corrected chi connectivity index (χ4v) is 3.04. The minimum absolute atomic E-state index is 0.179. The second kappa shape index (κ2) is 6.09. The van der Waals surface area contributed by atoms with Crippen LogP contribution in [0, 0.1) is 12.3 Å². The van der Waals surface area contributed by atoms with Gasteiger partial charge in [0.05, 0.1) is 0 Å². The topological polar surface area (TPSA) is 53.1 Å². The van der Waals surface area contributed by atoms with Crippen LogP contribution >= 0.6 is 0 Å². The molecule has 104 valence electrons. The highest BCUT2D eigenvalue weighted by molar-refractivity contribution is 6.00. The van der Waals surface area contributed by atoms with Crippen molar-refractivity contribution in [3.05, 3.63) is 29.3 Å². The minimum Gasteiger partial charge on any atom is -0.384 e. The zero-order chi connectivity index (χ0) is 13.8. The van der Waals surface area contributed by atoms with Crippen LogP contribution in [0.1, 0.15) is 50.2 Å². The summed E-state index contributed by atoms with van der Waals surface area (Å²) >= 11 is 0. The Morgan fingerprint density at radius 3 is 2.84 bits per heavy atom. The summed E-state index contributed by atoms with van der Waals surface area (Å²) in [5.41, 5.74) is 8.97. The Hall–Kier alpha value is -1.51. The number of nitrogens with zero attached hydrogens (tertiary/aromatic N) is 1. The molecule has 0 bridgehead atoms. The molecule has 1 saturated heterocycles. The Bertz CT molecular complexity index is 453. The lowest BCUT2D eigenvalue weighted by atomic mass is 10.0. The Balaban J connectivity index is 2.40. The lowest BCUT2D eigenvalue weighted by Gasteiger charge is -2.33. The zero-order valence-corrected chi connectivity index (χ0v) is 12.1. The Labute approximate surface area is 116 Å². The molecule has 1 aliphatic heterocycles. The molecule has 1 fully saturated rings. The molecule has 0 saturated carbocycles. The van der Waals surface area contributed by atoms with E-state index >= 15 is 0 Å². The van der Waals surface area contributed by atoms with Crippen LogP contribution in [0.2, 0.25) is 0 Å². The maximum absolute atomic E-state index is 7.82. The third kappa shape index (κ3) is 3.09.